The van der Waals surface area contributed by atoms with Gasteiger partial charge >= 0.3 is 0 Å². The third-order valence-corrected chi connectivity index (χ3v) is 5.12. The second-order valence-electron chi connectivity index (χ2n) is 5.87. The van der Waals surface area contributed by atoms with Crippen LogP contribution in [0.1, 0.15) is 42.2 Å². The number of rotatable bonds is 3. The molecule has 4 heteroatoms. The van der Waals surface area contributed by atoms with Crippen molar-refractivity contribution in [1.82, 2.24) is 0 Å². The molecule has 0 spiro atoms. The molecule has 1 aromatic carbocycles. The van der Waals surface area contributed by atoms with Gasteiger partial charge < -0.3 is 5.11 Å². The Bertz CT molecular complexity index is 581. The SMILES string of the molecule is CC(C)(C)c1ccc(C(O)Cc2c(F)cccc2Cl)s1. The van der Waals surface area contributed by atoms with E-state index in [2.05, 4.69) is 20.8 Å². The summed E-state index contributed by atoms with van der Waals surface area (Å²) in [6.45, 7) is 6.38. The topological polar surface area (TPSA) is 20.2 Å². The van der Waals surface area contributed by atoms with Crippen LogP contribution in [-0.2, 0) is 11.8 Å². The molecule has 20 heavy (non-hydrogen) atoms. The van der Waals surface area contributed by atoms with Crippen LogP contribution in [0.4, 0.5) is 4.39 Å². The Morgan fingerprint density at radius 2 is 1.95 bits per heavy atom. The molecule has 1 aromatic heterocycles. The lowest BCUT2D eigenvalue weighted by atomic mass is 9.95. The van der Waals surface area contributed by atoms with Crippen molar-refractivity contribution in [2.24, 2.45) is 0 Å². The van der Waals surface area contributed by atoms with Crippen LogP contribution in [-0.4, -0.2) is 5.11 Å². The van der Waals surface area contributed by atoms with Crippen molar-refractivity contribution in [1.29, 1.82) is 0 Å². The molecule has 0 bridgehead atoms. The zero-order valence-electron chi connectivity index (χ0n) is 11.8. The molecule has 1 nitrogen and oxygen atoms in total. The van der Waals surface area contributed by atoms with Crippen molar-refractivity contribution < 1.29 is 9.50 Å². The van der Waals surface area contributed by atoms with Gasteiger partial charge in [0.15, 0.2) is 0 Å². The summed E-state index contributed by atoms with van der Waals surface area (Å²) < 4.78 is 13.7. The molecule has 0 saturated carbocycles. The highest BCUT2D eigenvalue weighted by atomic mass is 35.5. The summed E-state index contributed by atoms with van der Waals surface area (Å²) in [4.78, 5) is 2.04. The van der Waals surface area contributed by atoms with Gasteiger partial charge in [0.05, 0.1) is 6.10 Å². The van der Waals surface area contributed by atoms with Crippen molar-refractivity contribution in [2.75, 3.05) is 0 Å². The largest absolute Gasteiger partial charge is 0.387 e. The molecule has 0 saturated heterocycles. The van der Waals surface area contributed by atoms with Gasteiger partial charge in [-0.3, -0.25) is 0 Å². The van der Waals surface area contributed by atoms with Crippen molar-refractivity contribution >= 4 is 22.9 Å². The van der Waals surface area contributed by atoms with Crippen LogP contribution >= 0.6 is 22.9 Å². The number of hydrogen-bond acceptors (Lipinski definition) is 2. The van der Waals surface area contributed by atoms with Crippen molar-refractivity contribution in [3.05, 3.63) is 56.5 Å². The predicted octanol–water partition coefficient (Wildman–Crippen LogP) is 5.11. The summed E-state index contributed by atoms with van der Waals surface area (Å²) >= 11 is 7.55. The molecular formula is C16H18ClFOS. The Balaban J connectivity index is 2.20. The number of halogens is 2. The molecule has 0 fully saturated rings. The van der Waals surface area contributed by atoms with Crippen molar-refractivity contribution in [2.45, 2.75) is 38.7 Å². The van der Waals surface area contributed by atoms with E-state index in [1.54, 1.807) is 23.5 Å². The van der Waals surface area contributed by atoms with Crippen LogP contribution in [0.3, 0.4) is 0 Å². The minimum absolute atomic E-state index is 0.0538. The molecule has 1 N–H and O–H groups in total. The molecule has 0 aliphatic heterocycles. The lowest BCUT2D eigenvalue weighted by molar-refractivity contribution is 0.181. The minimum Gasteiger partial charge on any atom is -0.387 e. The van der Waals surface area contributed by atoms with E-state index in [9.17, 15) is 9.50 Å². The van der Waals surface area contributed by atoms with E-state index in [0.29, 0.717) is 10.6 Å². The minimum atomic E-state index is -0.731. The highest BCUT2D eigenvalue weighted by molar-refractivity contribution is 7.12. The molecule has 1 atom stereocenters. The monoisotopic (exact) mass is 312 g/mol. The first-order valence-electron chi connectivity index (χ1n) is 6.50. The normalized spacial score (nSPS) is 13.5. The number of thiophene rings is 1. The number of aliphatic hydroxyl groups is 1. The lowest BCUT2D eigenvalue weighted by Gasteiger charge is -2.16. The Kier molecular flexibility index (Phi) is 4.52. The van der Waals surface area contributed by atoms with E-state index < -0.39 is 6.10 Å². The van der Waals surface area contributed by atoms with Gasteiger partial charge in [-0.15, -0.1) is 11.3 Å². The molecule has 2 aromatic rings. The first-order chi connectivity index (χ1) is 9.29. The molecule has 0 radical (unpaired) electrons. The molecule has 2 rings (SSSR count). The number of aliphatic hydroxyl groups excluding tert-OH is 1. The maximum atomic E-state index is 13.7. The molecule has 0 aliphatic rings. The summed E-state index contributed by atoms with van der Waals surface area (Å²) in [5.41, 5.74) is 0.422. The highest BCUT2D eigenvalue weighted by Gasteiger charge is 2.20. The summed E-state index contributed by atoms with van der Waals surface area (Å²) in [6, 6.07) is 8.50. The van der Waals surface area contributed by atoms with Crippen LogP contribution in [0.2, 0.25) is 5.02 Å². The molecular weight excluding hydrogens is 295 g/mol. The van der Waals surface area contributed by atoms with Crippen LogP contribution < -0.4 is 0 Å². The van der Waals surface area contributed by atoms with Crippen molar-refractivity contribution in [3.8, 4) is 0 Å². The summed E-state index contributed by atoms with van der Waals surface area (Å²) in [6.07, 6.45) is -0.541. The Morgan fingerprint density at radius 1 is 1.25 bits per heavy atom. The van der Waals surface area contributed by atoms with Crippen LogP contribution in [0.5, 0.6) is 0 Å². The van der Waals surface area contributed by atoms with Gasteiger partial charge in [0, 0.05) is 26.8 Å². The average Bonchev–Trinajstić information content (AvgIpc) is 2.83. The fourth-order valence-electron chi connectivity index (χ4n) is 1.96. The maximum Gasteiger partial charge on any atom is 0.127 e. The van der Waals surface area contributed by atoms with E-state index >= 15 is 0 Å². The number of benzene rings is 1. The second kappa shape index (κ2) is 5.84. The summed E-state index contributed by atoms with van der Waals surface area (Å²) in [5.74, 6) is -0.371. The fourth-order valence-corrected chi connectivity index (χ4v) is 3.25. The third kappa shape index (κ3) is 3.40. The van der Waals surface area contributed by atoms with E-state index in [4.69, 9.17) is 11.6 Å². The molecule has 108 valence electrons. The smallest absolute Gasteiger partial charge is 0.127 e. The standard InChI is InChI=1S/C16H18ClFOS/c1-16(2,3)15-8-7-14(20-15)13(19)9-10-11(17)5-4-6-12(10)18/h4-8,13,19H,9H2,1-3H3. The Labute approximate surface area is 128 Å². The number of hydrogen-bond donors (Lipinski definition) is 1. The van der Waals surface area contributed by atoms with Gasteiger partial charge in [-0.2, -0.15) is 0 Å². The fraction of sp³-hybridized carbons (Fsp3) is 0.375. The second-order valence-corrected chi connectivity index (χ2v) is 7.39. The van der Waals surface area contributed by atoms with Crippen LogP contribution in [0, 0.1) is 5.82 Å². The summed E-state index contributed by atoms with van der Waals surface area (Å²) in [7, 11) is 0. The zero-order valence-corrected chi connectivity index (χ0v) is 13.4. The average molecular weight is 313 g/mol. The van der Waals surface area contributed by atoms with E-state index in [1.807, 2.05) is 12.1 Å². The first kappa shape index (κ1) is 15.5. The summed E-state index contributed by atoms with van der Waals surface area (Å²) in [5, 5.41) is 10.6. The van der Waals surface area contributed by atoms with Gasteiger partial charge in [0.1, 0.15) is 5.82 Å². The predicted molar refractivity (Wildman–Crippen MR) is 83.1 cm³/mol. The van der Waals surface area contributed by atoms with Gasteiger partial charge in [-0.05, 0) is 29.7 Å². The third-order valence-electron chi connectivity index (χ3n) is 3.15. The molecule has 0 aliphatic carbocycles. The van der Waals surface area contributed by atoms with Crippen LogP contribution in [0.25, 0.3) is 0 Å². The molecule has 1 unspecified atom stereocenters. The van der Waals surface area contributed by atoms with Crippen molar-refractivity contribution in [3.63, 3.8) is 0 Å². The first-order valence-corrected chi connectivity index (χ1v) is 7.69. The van der Waals surface area contributed by atoms with Gasteiger partial charge in [-0.1, -0.05) is 38.4 Å². The lowest BCUT2D eigenvalue weighted by Crippen LogP contribution is -2.08. The van der Waals surface area contributed by atoms with Gasteiger partial charge in [0.2, 0.25) is 0 Å². The quantitative estimate of drug-likeness (QED) is 0.834. The molecule has 1 heterocycles. The van der Waals surface area contributed by atoms with E-state index in [0.717, 1.165) is 4.88 Å². The highest BCUT2D eigenvalue weighted by Crippen LogP contribution is 2.34. The van der Waals surface area contributed by atoms with Gasteiger partial charge in [0.25, 0.3) is 0 Å². The van der Waals surface area contributed by atoms with Gasteiger partial charge in [-0.25, -0.2) is 4.39 Å². The zero-order chi connectivity index (χ0) is 14.9. The van der Waals surface area contributed by atoms with E-state index in [1.165, 1.54) is 10.9 Å². The van der Waals surface area contributed by atoms with Crippen LogP contribution in [0.15, 0.2) is 30.3 Å². The Hall–Kier alpha value is -0.900. The molecule has 0 amide bonds. The van der Waals surface area contributed by atoms with E-state index in [-0.39, 0.29) is 17.7 Å². The Morgan fingerprint density at radius 3 is 2.50 bits per heavy atom. The maximum absolute atomic E-state index is 13.7.